The lowest BCUT2D eigenvalue weighted by atomic mass is 10.1. The summed E-state index contributed by atoms with van der Waals surface area (Å²) in [5.41, 5.74) is 1.99. The van der Waals surface area contributed by atoms with Crippen molar-refractivity contribution in [1.82, 2.24) is 19.6 Å². The highest BCUT2D eigenvalue weighted by atomic mass is 16.2. The number of amides is 1. The van der Waals surface area contributed by atoms with Gasteiger partial charge in [0.15, 0.2) is 11.5 Å². The minimum atomic E-state index is -0.00568. The molecular formula is C17H14N6O. The highest BCUT2D eigenvalue weighted by Gasteiger charge is 2.30. The number of anilines is 1. The van der Waals surface area contributed by atoms with Gasteiger partial charge in [-0.1, -0.05) is 0 Å². The van der Waals surface area contributed by atoms with E-state index < -0.39 is 0 Å². The van der Waals surface area contributed by atoms with Crippen LogP contribution in [-0.4, -0.2) is 25.5 Å². The summed E-state index contributed by atoms with van der Waals surface area (Å²) in [6, 6.07) is 10.9. The molecule has 1 fully saturated rings. The maximum atomic E-state index is 12.0. The fraction of sp³-hybridized carbons (Fsp3) is 0.235. The van der Waals surface area contributed by atoms with E-state index in [0.29, 0.717) is 28.7 Å². The van der Waals surface area contributed by atoms with E-state index in [4.69, 9.17) is 5.26 Å². The van der Waals surface area contributed by atoms with Gasteiger partial charge < -0.3 is 5.32 Å². The number of nitrogens with one attached hydrogen (secondary N) is 1. The molecule has 4 rings (SSSR count). The Morgan fingerprint density at radius 3 is 2.71 bits per heavy atom. The molecule has 1 N–H and O–H groups in total. The molecule has 24 heavy (non-hydrogen) atoms. The van der Waals surface area contributed by atoms with Crippen molar-refractivity contribution >= 4 is 17.4 Å². The monoisotopic (exact) mass is 318 g/mol. The molecule has 0 spiro atoms. The van der Waals surface area contributed by atoms with Crippen LogP contribution in [0.15, 0.2) is 30.3 Å². The van der Waals surface area contributed by atoms with Crippen molar-refractivity contribution in [2.45, 2.75) is 19.8 Å². The molecule has 1 aromatic carbocycles. The summed E-state index contributed by atoms with van der Waals surface area (Å²) >= 11 is 0. The topological polar surface area (TPSA) is 96.0 Å². The van der Waals surface area contributed by atoms with E-state index in [1.54, 1.807) is 29.6 Å². The Bertz CT molecular complexity index is 979. The Kier molecular flexibility index (Phi) is 3.24. The Morgan fingerprint density at radius 1 is 1.29 bits per heavy atom. The van der Waals surface area contributed by atoms with Crippen LogP contribution in [0.2, 0.25) is 0 Å². The number of aryl methyl sites for hydroxylation is 1. The minimum absolute atomic E-state index is 0.00568. The van der Waals surface area contributed by atoms with Gasteiger partial charge in [-0.05, 0) is 44.0 Å². The summed E-state index contributed by atoms with van der Waals surface area (Å²) in [7, 11) is 0. The van der Waals surface area contributed by atoms with Gasteiger partial charge in [-0.3, -0.25) is 4.79 Å². The lowest BCUT2D eigenvalue weighted by Gasteiger charge is -2.08. The SMILES string of the molecule is Cc1nc2cc(NC(=O)C3CC3)nc(-c3ccc(C#N)cc3)n2n1. The first-order valence-electron chi connectivity index (χ1n) is 7.70. The number of carbonyl (C=O) groups excluding carboxylic acids is 1. The van der Waals surface area contributed by atoms with Gasteiger partial charge in [-0.25, -0.2) is 9.97 Å². The number of nitriles is 1. The van der Waals surface area contributed by atoms with Crippen LogP contribution in [0.3, 0.4) is 0 Å². The van der Waals surface area contributed by atoms with Crippen LogP contribution in [0.1, 0.15) is 24.2 Å². The van der Waals surface area contributed by atoms with Crippen LogP contribution in [0.25, 0.3) is 17.0 Å². The molecular weight excluding hydrogens is 304 g/mol. The van der Waals surface area contributed by atoms with Gasteiger partial charge in [0.2, 0.25) is 5.91 Å². The predicted octanol–water partition coefficient (Wildman–Crippen LogP) is 2.32. The maximum Gasteiger partial charge on any atom is 0.228 e. The van der Waals surface area contributed by atoms with E-state index in [0.717, 1.165) is 18.4 Å². The number of nitrogens with zero attached hydrogens (tertiary/aromatic N) is 5. The number of rotatable bonds is 3. The van der Waals surface area contributed by atoms with Crippen LogP contribution in [0.4, 0.5) is 5.82 Å². The molecule has 7 heteroatoms. The lowest BCUT2D eigenvalue weighted by Crippen LogP contribution is -2.15. The van der Waals surface area contributed by atoms with Gasteiger partial charge in [-0.15, -0.1) is 5.10 Å². The average molecular weight is 318 g/mol. The molecule has 0 bridgehead atoms. The van der Waals surface area contributed by atoms with E-state index in [2.05, 4.69) is 26.5 Å². The van der Waals surface area contributed by atoms with E-state index in [9.17, 15) is 4.79 Å². The first kappa shape index (κ1) is 14.3. The van der Waals surface area contributed by atoms with Crippen molar-refractivity contribution < 1.29 is 4.79 Å². The van der Waals surface area contributed by atoms with E-state index in [-0.39, 0.29) is 11.8 Å². The summed E-state index contributed by atoms with van der Waals surface area (Å²) in [5.74, 6) is 1.75. The molecule has 1 saturated carbocycles. The zero-order valence-electron chi connectivity index (χ0n) is 13.0. The molecule has 1 aliphatic carbocycles. The van der Waals surface area contributed by atoms with Gasteiger partial charge >= 0.3 is 0 Å². The third-order valence-electron chi connectivity index (χ3n) is 3.90. The highest BCUT2D eigenvalue weighted by molar-refractivity contribution is 5.93. The standard InChI is InChI=1S/C17H14N6O/c1-10-19-15-8-14(21-17(24)13-6-7-13)20-16(23(15)22-10)12-4-2-11(9-18)3-5-12/h2-5,8,13H,6-7H2,1H3,(H,21,24). The first-order valence-corrected chi connectivity index (χ1v) is 7.70. The summed E-state index contributed by atoms with van der Waals surface area (Å²) in [6.07, 6.45) is 1.86. The molecule has 3 aromatic rings. The number of hydrogen-bond donors (Lipinski definition) is 1. The number of aromatic nitrogens is 4. The molecule has 2 aromatic heterocycles. The fourth-order valence-corrected chi connectivity index (χ4v) is 2.52. The van der Waals surface area contributed by atoms with Crippen LogP contribution in [0.5, 0.6) is 0 Å². The Hall–Kier alpha value is -3.27. The Labute approximate surface area is 138 Å². The van der Waals surface area contributed by atoms with Gasteiger partial charge in [0.05, 0.1) is 11.6 Å². The third kappa shape index (κ3) is 2.58. The third-order valence-corrected chi connectivity index (χ3v) is 3.90. The predicted molar refractivity (Wildman–Crippen MR) is 87.0 cm³/mol. The van der Waals surface area contributed by atoms with Crippen molar-refractivity contribution in [1.29, 1.82) is 5.26 Å². The molecule has 7 nitrogen and oxygen atoms in total. The zero-order valence-corrected chi connectivity index (χ0v) is 13.0. The second-order valence-corrected chi connectivity index (χ2v) is 5.85. The van der Waals surface area contributed by atoms with Crippen molar-refractivity contribution in [3.05, 3.63) is 41.7 Å². The maximum absolute atomic E-state index is 12.0. The van der Waals surface area contributed by atoms with Crippen molar-refractivity contribution in [3.63, 3.8) is 0 Å². The number of benzene rings is 1. The second-order valence-electron chi connectivity index (χ2n) is 5.85. The lowest BCUT2D eigenvalue weighted by molar-refractivity contribution is -0.117. The smallest absolute Gasteiger partial charge is 0.228 e. The highest BCUT2D eigenvalue weighted by Crippen LogP contribution is 2.30. The largest absolute Gasteiger partial charge is 0.310 e. The summed E-state index contributed by atoms with van der Waals surface area (Å²) < 4.78 is 1.64. The van der Waals surface area contributed by atoms with Crippen LogP contribution in [0, 0.1) is 24.2 Å². The van der Waals surface area contributed by atoms with Gasteiger partial charge in [-0.2, -0.15) is 9.78 Å². The van der Waals surface area contributed by atoms with Crippen LogP contribution < -0.4 is 5.32 Å². The Balaban J connectivity index is 1.81. The molecule has 0 saturated heterocycles. The van der Waals surface area contributed by atoms with E-state index in [1.165, 1.54) is 0 Å². The van der Waals surface area contributed by atoms with Crippen LogP contribution >= 0.6 is 0 Å². The average Bonchev–Trinajstić information content (AvgIpc) is 3.36. The molecule has 1 amide bonds. The summed E-state index contributed by atoms with van der Waals surface area (Å²) in [6.45, 7) is 1.80. The fourth-order valence-electron chi connectivity index (χ4n) is 2.52. The molecule has 0 aliphatic heterocycles. The molecule has 0 unspecified atom stereocenters. The molecule has 2 heterocycles. The molecule has 118 valence electrons. The molecule has 1 aliphatic rings. The normalized spacial score (nSPS) is 13.7. The summed E-state index contributed by atoms with van der Waals surface area (Å²) in [4.78, 5) is 20.9. The van der Waals surface area contributed by atoms with Crippen molar-refractivity contribution in [2.75, 3.05) is 5.32 Å². The Morgan fingerprint density at radius 2 is 2.04 bits per heavy atom. The summed E-state index contributed by atoms with van der Waals surface area (Å²) in [5, 5.41) is 16.2. The molecule has 0 atom stereocenters. The number of carbonyl (C=O) groups is 1. The van der Waals surface area contributed by atoms with E-state index >= 15 is 0 Å². The number of hydrogen-bond acceptors (Lipinski definition) is 5. The van der Waals surface area contributed by atoms with Crippen molar-refractivity contribution in [3.8, 4) is 17.5 Å². The first-order chi connectivity index (χ1) is 11.6. The quantitative estimate of drug-likeness (QED) is 0.799. The minimum Gasteiger partial charge on any atom is -0.310 e. The number of fused-ring (bicyclic) bond motifs is 1. The zero-order chi connectivity index (χ0) is 16.7. The van der Waals surface area contributed by atoms with Crippen molar-refractivity contribution in [2.24, 2.45) is 5.92 Å². The van der Waals surface area contributed by atoms with Crippen LogP contribution in [-0.2, 0) is 4.79 Å². The van der Waals surface area contributed by atoms with E-state index in [1.807, 2.05) is 12.1 Å². The second kappa shape index (κ2) is 5.42. The van der Waals surface area contributed by atoms with Gasteiger partial charge in [0, 0.05) is 17.5 Å². The van der Waals surface area contributed by atoms with Gasteiger partial charge in [0.1, 0.15) is 11.6 Å². The van der Waals surface area contributed by atoms with Gasteiger partial charge in [0.25, 0.3) is 0 Å². The molecule has 0 radical (unpaired) electrons.